The molecule has 23 heavy (non-hydrogen) atoms. The third-order valence-corrected chi connectivity index (χ3v) is 5.12. The van der Waals surface area contributed by atoms with Gasteiger partial charge < -0.3 is 14.9 Å². The van der Waals surface area contributed by atoms with Crippen molar-refractivity contribution in [1.29, 1.82) is 0 Å². The molecular weight excluding hydrogens is 298 g/mol. The van der Waals surface area contributed by atoms with Crippen molar-refractivity contribution in [3.63, 3.8) is 0 Å². The molecule has 0 bridgehead atoms. The van der Waals surface area contributed by atoms with E-state index in [0.717, 1.165) is 18.4 Å². The molecule has 1 aliphatic heterocycles. The van der Waals surface area contributed by atoms with Crippen LogP contribution >= 0.6 is 0 Å². The van der Waals surface area contributed by atoms with Gasteiger partial charge in [0.05, 0.1) is 6.10 Å². The number of quaternary nitrogens is 1. The zero-order valence-electron chi connectivity index (χ0n) is 13.1. The predicted molar refractivity (Wildman–Crippen MR) is 81.9 cm³/mol. The monoisotopic (exact) mass is 320 g/mol. The van der Waals surface area contributed by atoms with Gasteiger partial charge in [0, 0.05) is 18.9 Å². The van der Waals surface area contributed by atoms with E-state index in [-0.39, 0.29) is 31.7 Å². The number of nitrogens with zero attached hydrogens (tertiary/aromatic N) is 1. The Morgan fingerprint density at radius 2 is 1.87 bits per heavy atom. The average Bonchev–Trinajstić information content (AvgIpc) is 3.25. The van der Waals surface area contributed by atoms with Crippen LogP contribution in [0.2, 0.25) is 0 Å². The highest BCUT2D eigenvalue weighted by Crippen LogP contribution is 2.42. The molecule has 1 amide bonds. The molecule has 1 aliphatic carbocycles. The van der Waals surface area contributed by atoms with Crippen molar-refractivity contribution in [3.05, 3.63) is 35.9 Å². The third-order valence-electron chi connectivity index (χ3n) is 5.12. The summed E-state index contributed by atoms with van der Waals surface area (Å²) >= 11 is 0. The van der Waals surface area contributed by atoms with Crippen LogP contribution in [0.15, 0.2) is 30.3 Å². The van der Waals surface area contributed by atoms with Crippen LogP contribution in [0.25, 0.3) is 0 Å². The van der Waals surface area contributed by atoms with E-state index in [1.165, 1.54) is 6.92 Å². The fourth-order valence-corrected chi connectivity index (χ4v) is 3.56. The van der Waals surface area contributed by atoms with E-state index >= 15 is 0 Å². The van der Waals surface area contributed by atoms with E-state index in [9.17, 15) is 19.8 Å². The van der Waals surface area contributed by atoms with Crippen molar-refractivity contribution in [2.45, 2.75) is 50.5 Å². The maximum absolute atomic E-state index is 12.1. The van der Waals surface area contributed by atoms with Crippen molar-refractivity contribution < 1.29 is 29.0 Å². The smallest absolute Gasteiger partial charge is 0.477 e. The Balaban J connectivity index is 1.96. The lowest BCUT2D eigenvalue weighted by Gasteiger charge is -2.38. The van der Waals surface area contributed by atoms with Gasteiger partial charge in [-0.15, -0.1) is 0 Å². The maximum Gasteiger partial charge on any atom is 0.514 e. The maximum atomic E-state index is 12.1. The topological polar surface area (TPSA) is 83.8 Å². The summed E-state index contributed by atoms with van der Waals surface area (Å²) in [5, 5.41) is 19.7. The molecule has 1 aromatic carbocycles. The molecule has 2 N–H and O–H groups in total. The minimum absolute atomic E-state index is 0.142. The second-order valence-corrected chi connectivity index (χ2v) is 6.82. The number of hydrogen-bond acceptors (Lipinski definition) is 3. The van der Waals surface area contributed by atoms with Crippen molar-refractivity contribution in [2.24, 2.45) is 0 Å². The number of carbonyl (C=O) groups is 2. The molecule has 3 atom stereocenters. The van der Waals surface area contributed by atoms with E-state index in [1.807, 2.05) is 30.3 Å². The first-order valence-corrected chi connectivity index (χ1v) is 7.91. The van der Waals surface area contributed by atoms with Gasteiger partial charge in [-0.2, -0.15) is 4.79 Å². The molecule has 0 spiro atoms. The number of likely N-dealkylation sites (tertiary alicyclic amines) is 1. The summed E-state index contributed by atoms with van der Waals surface area (Å²) in [6.07, 6.45) is 0.906. The van der Waals surface area contributed by atoms with E-state index in [2.05, 4.69) is 0 Å². The van der Waals surface area contributed by atoms with E-state index < -0.39 is 22.1 Å². The van der Waals surface area contributed by atoms with Crippen LogP contribution in [-0.2, 0) is 16.1 Å². The number of hydrogen-bond donors (Lipinski definition) is 2. The molecule has 0 aromatic heterocycles. The van der Waals surface area contributed by atoms with E-state index in [1.54, 1.807) is 0 Å². The number of benzene rings is 1. The molecule has 0 radical (unpaired) electrons. The molecule has 1 aromatic rings. The Morgan fingerprint density at radius 1 is 1.22 bits per heavy atom. The van der Waals surface area contributed by atoms with Gasteiger partial charge >= 0.3 is 12.1 Å². The van der Waals surface area contributed by atoms with Gasteiger partial charge in [0.15, 0.2) is 0 Å². The molecule has 2 fully saturated rings. The van der Waals surface area contributed by atoms with E-state index in [4.69, 9.17) is 4.74 Å². The number of carboxylic acid groups (broad SMARTS) is 2. The van der Waals surface area contributed by atoms with Crippen LogP contribution in [-0.4, -0.2) is 51.1 Å². The van der Waals surface area contributed by atoms with Gasteiger partial charge in [-0.1, -0.05) is 30.3 Å². The molecule has 1 heterocycles. The molecule has 124 valence electrons. The quantitative estimate of drug-likeness (QED) is 0.814. The summed E-state index contributed by atoms with van der Waals surface area (Å²) in [7, 11) is 0. The Bertz CT molecular complexity index is 615. The highest BCUT2D eigenvalue weighted by atomic mass is 16.5. The second-order valence-electron chi connectivity index (χ2n) is 6.82. The van der Waals surface area contributed by atoms with E-state index in [0.29, 0.717) is 0 Å². The van der Waals surface area contributed by atoms with Crippen molar-refractivity contribution >= 4 is 12.1 Å². The summed E-state index contributed by atoms with van der Waals surface area (Å²) in [6.45, 7) is 1.86. The Morgan fingerprint density at radius 3 is 2.39 bits per heavy atom. The summed E-state index contributed by atoms with van der Waals surface area (Å²) < 4.78 is 5.34. The normalized spacial score (nSPS) is 33.5. The van der Waals surface area contributed by atoms with Gasteiger partial charge in [-0.25, -0.2) is 9.28 Å². The first-order chi connectivity index (χ1) is 10.9. The zero-order valence-corrected chi connectivity index (χ0v) is 13.1. The van der Waals surface area contributed by atoms with Gasteiger partial charge in [0.1, 0.15) is 19.2 Å². The van der Waals surface area contributed by atoms with Crippen LogP contribution in [0.3, 0.4) is 0 Å². The number of carboxylic acids is 1. The number of ether oxygens (including phenoxy) is 1. The third kappa shape index (κ3) is 2.72. The van der Waals surface area contributed by atoms with Gasteiger partial charge in [0.25, 0.3) is 0 Å². The minimum atomic E-state index is -1.40. The Labute approximate surface area is 134 Å². The molecule has 1 saturated carbocycles. The molecule has 3 rings (SSSR count). The first-order valence-electron chi connectivity index (χ1n) is 7.91. The summed E-state index contributed by atoms with van der Waals surface area (Å²) in [4.78, 5) is 24.1. The van der Waals surface area contributed by atoms with Crippen molar-refractivity contribution in [1.82, 2.24) is 0 Å². The summed E-state index contributed by atoms with van der Waals surface area (Å²) in [6, 6.07) is 9.19. The molecule has 6 heteroatoms. The summed E-state index contributed by atoms with van der Waals surface area (Å²) in [5.74, 6) is -1.09. The van der Waals surface area contributed by atoms with Crippen LogP contribution in [0, 0.1) is 0 Å². The highest BCUT2D eigenvalue weighted by molar-refractivity contribution is 5.80. The fourth-order valence-electron chi connectivity index (χ4n) is 3.56. The van der Waals surface area contributed by atoms with Crippen molar-refractivity contribution in [3.8, 4) is 0 Å². The minimum Gasteiger partial charge on any atom is -0.477 e. The molecule has 1 saturated heterocycles. The molecule has 6 nitrogen and oxygen atoms in total. The standard InChI is InChI=1S/C17H21NO5/c1-17(15(19)20)9-14(23-13-7-8-13)11-18(17,16(21)22)10-12-5-3-2-4-6-12/h2-6,13-14H,7-11H2,1H3,(H-,19,20,21,22)/p+1. The zero-order chi connectivity index (χ0) is 16.7. The van der Waals surface area contributed by atoms with Gasteiger partial charge in [-0.05, 0) is 12.8 Å². The molecule has 2 aliphatic rings. The molecular formula is C17H22NO5+. The second kappa shape index (κ2) is 5.62. The number of amides is 1. The van der Waals surface area contributed by atoms with Crippen LogP contribution < -0.4 is 0 Å². The number of rotatable bonds is 5. The van der Waals surface area contributed by atoms with Crippen LogP contribution in [0.5, 0.6) is 0 Å². The molecule has 3 unspecified atom stereocenters. The fraction of sp³-hybridized carbons (Fsp3) is 0.529. The Kier molecular flexibility index (Phi) is 3.90. The Hall–Kier alpha value is -1.92. The first kappa shape index (κ1) is 16.0. The number of aliphatic carboxylic acids is 1. The lowest BCUT2D eigenvalue weighted by molar-refractivity contribution is -0.898. The lowest BCUT2D eigenvalue weighted by atomic mass is 9.95. The van der Waals surface area contributed by atoms with Gasteiger partial charge in [0.2, 0.25) is 5.54 Å². The van der Waals surface area contributed by atoms with Crippen LogP contribution in [0.4, 0.5) is 4.79 Å². The predicted octanol–water partition coefficient (Wildman–Crippen LogP) is 2.48. The largest absolute Gasteiger partial charge is 0.514 e. The average molecular weight is 320 g/mol. The SMILES string of the molecule is CC1(C(=O)O)CC(OC2CC2)C[N+]1(Cc1ccccc1)C(=O)O. The van der Waals surface area contributed by atoms with Gasteiger partial charge in [-0.3, -0.25) is 0 Å². The van der Waals surface area contributed by atoms with Crippen molar-refractivity contribution in [2.75, 3.05) is 6.54 Å². The highest BCUT2D eigenvalue weighted by Gasteiger charge is 2.66. The lowest BCUT2D eigenvalue weighted by Crippen LogP contribution is -2.65. The summed E-state index contributed by atoms with van der Waals surface area (Å²) in [5.41, 5.74) is -0.587. The van der Waals surface area contributed by atoms with Crippen LogP contribution in [0.1, 0.15) is 31.7 Å².